The fourth-order valence-electron chi connectivity index (χ4n) is 4.24. The molecule has 3 rings (SSSR count). The molecule has 0 spiro atoms. The summed E-state index contributed by atoms with van der Waals surface area (Å²) in [5.41, 5.74) is 1.17. The van der Waals surface area contributed by atoms with E-state index >= 15 is 0 Å². The van der Waals surface area contributed by atoms with Crippen molar-refractivity contribution < 1.29 is 24.2 Å². The summed E-state index contributed by atoms with van der Waals surface area (Å²) in [5.74, 6) is 0.0561. The molecule has 8 heteroatoms. The number of nitrogens with zero attached hydrogens (tertiary/aromatic N) is 3. The van der Waals surface area contributed by atoms with E-state index in [-0.39, 0.29) is 48.3 Å². The van der Waals surface area contributed by atoms with Crippen LogP contribution in [-0.4, -0.2) is 83.8 Å². The van der Waals surface area contributed by atoms with E-state index < -0.39 is 0 Å². The Morgan fingerprint density at radius 2 is 2.12 bits per heavy atom. The molecule has 0 aromatic carbocycles. The van der Waals surface area contributed by atoms with Crippen LogP contribution in [0.3, 0.4) is 0 Å². The summed E-state index contributed by atoms with van der Waals surface area (Å²) in [6.07, 6.45) is 6.56. The van der Waals surface area contributed by atoms with Crippen LogP contribution in [0.2, 0.25) is 0 Å². The Labute approximate surface area is 190 Å². The van der Waals surface area contributed by atoms with Crippen LogP contribution in [0.5, 0.6) is 5.88 Å². The SMILES string of the molecule is CC=Cc1cnc2c(c1)C(=O)N([C@H](C)CO)C[C@@H](C)[C@H](CN(C)C(=O)C1CCOCC1)O2. The Kier molecular flexibility index (Phi) is 8.26. The number of pyridine rings is 1. The van der Waals surface area contributed by atoms with E-state index in [9.17, 15) is 14.7 Å². The number of aliphatic hydroxyl groups excluding tert-OH is 1. The number of likely N-dealkylation sites (N-methyl/N-ethyl adjacent to an activating group) is 1. The van der Waals surface area contributed by atoms with Crippen LogP contribution in [-0.2, 0) is 9.53 Å². The summed E-state index contributed by atoms with van der Waals surface area (Å²) in [7, 11) is 1.80. The number of ether oxygens (including phenoxy) is 2. The summed E-state index contributed by atoms with van der Waals surface area (Å²) in [5, 5.41) is 9.75. The van der Waals surface area contributed by atoms with Gasteiger partial charge in [-0.15, -0.1) is 0 Å². The molecule has 2 aliphatic rings. The molecule has 1 N–H and O–H groups in total. The number of rotatable bonds is 6. The molecule has 3 atom stereocenters. The van der Waals surface area contributed by atoms with Gasteiger partial charge in [0.1, 0.15) is 11.7 Å². The maximum absolute atomic E-state index is 13.3. The van der Waals surface area contributed by atoms with Crippen LogP contribution in [0, 0.1) is 11.8 Å². The van der Waals surface area contributed by atoms with Crippen molar-refractivity contribution in [2.45, 2.75) is 45.8 Å². The van der Waals surface area contributed by atoms with Gasteiger partial charge >= 0.3 is 0 Å². The first kappa shape index (κ1) is 24.2. The van der Waals surface area contributed by atoms with Gasteiger partial charge in [-0.25, -0.2) is 4.98 Å². The molecular weight excluding hydrogens is 410 g/mol. The smallest absolute Gasteiger partial charge is 0.259 e. The van der Waals surface area contributed by atoms with Crippen molar-refractivity contribution in [2.75, 3.05) is 40.0 Å². The van der Waals surface area contributed by atoms with Crippen molar-refractivity contribution in [1.29, 1.82) is 0 Å². The predicted molar refractivity (Wildman–Crippen MR) is 121 cm³/mol. The molecule has 0 aliphatic carbocycles. The number of fused-ring (bicyclic) bond motifs is 1. The largest absolute Gasteiger partial charge is 0.472 e. The van der Waals surface area contributed by atoms with Crippen molar-refractivity contribution >= 4 is 17.9 Å². The zero-order valence-electron chi connectivity index (χ0n) is 19.5. The number of aliphatic hydroxyl groups is 1. The molecule has 0 saturated carbocycles. The zero-order chi connectivity index (χ0) is 23.3. The molecule has 1 aromatic rings. The Bertz CT molecular complexity index is 837. The van der Waals surface area contributed by atoms with Gasteiger partial charge in [0, 0.05) is 44.8 Å². The monoisotopic (exact) mass is 445 g/mol. The van der Waals surface area contributed by atoms with Gasteiger partial charge in [-0.2, -0.15) is 0 Å². The minimum atomic E-state index is -0.344. The number of aromatic nitrogens is 1. The van der Waals surface area contributed by atoms with Crippen LogP contribution < -0.4 is 4.74 Å². The predicted octanol–water partition coefficient (Wildman–Crippen LogP) is 2.22. The lowest BCUT2D eigenvalue weighted by atomic mass is 9.97. The van der Waals surface area contributed by atoms with Gasteiger partial charge in [0.25, 0.3) is 5.91 Å². The second kappa shape index (κ2) is 10.9. The molecular formula is C24H35N3O5. The van der Waals surface area contributed by atoms with Gasteiger partial charge in [-0.3, -0.25) is 9.59 Å². The van der Waals surface area contributed by atoms with Gasteiger partial charge < -0.3 is 24.4 Å². The minimum absolute atomic E-state index is 0.0288. The van der Waals surface area contributed by atoms with Gasteiger partial charge in [-0.05, 0) is 38.3 Å². The van der Waals surface area contributed by atoms with Gasteiger partial charge in [0.2, 0.25) is 11.8 Å². The second-order valence-corrected chi connectivity index (χ2v) is 8.85. The molecule has 1 aromatic heterocycles. The highest BCUT2D eigenvalue weighted by molar-refractivity contribution is 5.97. The van der Waals surface area contributed by atoms with E-state index in [1.54, 1.807) is 29.1 Å². The number of allylic oxidation sites excluding steroid dienone is 1. The molecule has 0 unspecified atom stereocenters. The summed E-state index contributed by atoms with van der Waals surface area (Å²) in [6.45, 7) is 7.63. The first-order valence-electron chi connectivity index (χ1n) is 11.4. The maximum atomic E-state index is 13.3. The van der Waals surface area contributed by atoms with Gasteiger partial charge in [0.15, 0.2) is 0 Å². The highest BCUT2D eigenvalue weighted by atomic mass is 16.5. The van der Waals surface area contributed by atoms with Crippen LogP contribution >= 0.6 is 0 Å². The van der Waals surface area contributed by atoms with E-state index in [4.69, 9.17) is 9.47 Å². The first-order chi connectivity index (χ1) is 15.3. The van der Waals surface area contributed by atoms with Crippen LogP contribution in [0.1, 0.15) is 49.5 Å². The fourth-order valence-corrected chi connectivity index (χ4v) is 4.24. The Hall–Kier alpha value is -2.45. The summed E-state index contributed by atoms with van der Waals surface area (Å²) < 4.78 is 11.6. The molecule has 1 saturated heterocycles. The highest BCUT2D eigenvalue weighted by Crippen LogP contribution is 2.28. The molecule has 8 nitrogen and oxygen atoms in total. The van der Waals surface area contributed by atoms with Crippen molar-refractivity contribution in [2.24, 2.45) is 11.8 Å². The molecule has 1 fully saturated rings. The lowest BCUT2D eigenvalue weighted by molar-refractivity contribution is -0.138. The fraction of sp³-hybridized carbons (Fsp3) is 0.625. The first-order valence-corrected chi connectivity index (χ1v) is 11.4. The molecule has 2 aliphatic heterocycles. The van der Waals surface area contributed by atoms with E-state index in [1.165, 1.54) is 0 Å². The Balaban J connectivity index is 1.88. The number of hydrogen-bond acceptors (Lipinski definition) is 6. The highest BCUT2D eigenvalue weighted by Gasteiger charge is 2.35. The number of amides is 2. The van der Waals surface area contributed by atoms with Gasteiger partial charge in [-0.1, -0.05) is 19.1 Å². The molecule has 32 heavy (non-hydrogen) atoms. The maximum Gasteiger partial charge on any atom is 0.259 e. The normalized spacial score (nSPS) is 23.3. The number of carbonyl (C=O) groups excluding carboxylic acids is 2. The van der Waals surface area contributed by atoms with E-state index in [1.807, 2.05) is 32.9 Å². The van der Waals surface area contributed by atoms with Crippen LogP contribution in [0.25, 0.3) is 6.08 Å². The summed E-state index contributed by atoms with van der Waals surface area (Å²) in [6, 6.07) is 1.43. The van der Waals surface area contributed by atoms with Crippen molar-refractivity contribution in [3.05, 3.63) is 29.5 Å². The molecule has 0 bridgehead atoms. The third kappa shape index (κ3) is 5.48. The number of carbonyl (C=O) groups is 2. The number of hydrogen-bond donors (Lipinski definition) is 1. The summed E-state index contributed by atoms with van der Waals surface area (Å²) in [4.78, 5) is 34.1. The quantitative estimate of drug-likeness (QED) is 0.722. The molecule has 3 heterocycles. The van der Waals surface area contributed by atoms with Crippen LogP contribution in [0.4, 0.5) is 0 Å². The second-order valence-electron chi connectivity index (χ2n) is 8.85. The third-order valence-corrected chi connectivity index (χ3v) is 6.30. The Morgan fingerprint density at radius 1 is 1.41 bits per heavy atom. The van der Waals surface area contributed by atoms with Crippen molar-refractivity contribution in [1.82, 2.24) is 14.8 Å². The van der Waals surface area contributed by atoms with E-state index in [2.05, 4.69) is 4.98 Å². The third-order valence-electron chi connectivity index (χ3n) is 6.30. The van der Waals surface area contributed by atoms with Crippen molar-refractivity contribution in [3.8, 4) is 5.88 Å². The topological polar surface area (TPSA) is 92.2 Å². The zero-order valence-corrected chi connectivity index (χ0v) is 19.5. The molecule has 2 amide bonds. The lowest BCUT2D eigenvalue weighted by Crippen LogP contribution is -2.51. The van der Waals surface area contributed by atoms with E-state index in [0.717, 1.165) is 18.4 Å². The average Bonchev–Trinajstić information content (AvgIpc) is 2.81. The van der Waals surface area contributed by atoms with Crippen LogP contribution in [0.15, 0.2) is 18.3 Å². The molecule has 176 valence electrons. The minimum Gasteiger partial charge on any atom is -0.472 e. The van der Waals surface area contributed by atoms with E-state index in [0.29, 0.717) is 31.9 Å². The lowest BCUT2D eigenvalue weighted by Gasteiger charge is -2.38. The Morgan fingerprint density at radius 3 is 2.78 bits per heavy atom. The summed E-state index contributed by atoms with van der Waals surface area (Å²) >= 11 is 0. The van der Waals surface area contributed by atoms with Gasteiger partial charge in [0.05, 0.1) is 19.2 Å². The molecule has 0 radical (unpaired) electrons. The standard InChI is InChI=1S/C24H35N3O5/c1-5-6-18-11-20-22(25-12-18)32-21(16(2)13-27(24(20)30)17(3)15-28)14-26(4)23(29)19-7-9-31-10-8-19/h5-6,11-12,16-17,19,21,28H,7-10,13-15H2,1-4H3/t16-,17-,21+/m1/s1. The van der Waals surface area contributed by atoms with Crippen molar-refractivity contribution in [3.63, 3.8) is 0 Å². The average molecular weight is 446 g/mol.